The summed E-state index contributed by atoms with van der Waals surface area (Å²) in [6, 6.07) is 9.21. The molecule has 2 N–H and O–H groups in total. The van der Waals surface area contributed by atoms with E-state index in [1.165, 1.54) is 11.0 Å². The van der Waals surface area contributed by atoms with Crippen LogP contribution in [0.4, 0.5) is 4.79 Å². The summed E-state index contributed by atoms with van der Waals surface area (Å²) in [6.07, 6.45) is 0.272. The number of hydrogen-bond donors (Lipinski definition) is 2. The number of hydrogen-bond acceptors (Lipinski definition) is 7. The van der Waals surface area contributed by atoms with Gasteiger partial charge in [-0.3, -0.25) is 4.79 Å². The Balaban J connectivity index is 1.64. The molecule has 36 heavy (non-hydrogen) atoms. The van der Waals surface area contributed by atoms with Gasteiger partial charge in [0, 0.05) is 18.0 Å². The largest absolute Gasteiger partial charge is 0.494 e. The van der Waals surface area contributed by atoms with Crippen LogP contribution >= 0.6 is 11.3 Å². The maximum Gasteiger partial charge on any atom is 0.409 e. The molecule has 2 heterocycles. The van der Waals surface area contributed by atoms with Crippen molar-refractivity contribution in [3.63, 3.8) is 0 Å². The molecule has 1 amide bonds. The van der Waals surface area contributed by atoms with Gasteiger partial charge in [0.25, 0.3) is 10.0 Å². The number of carboxylic acids is 1. The molecule has 9 nitrogen and oxygen atoms in total. The molecule has 11 heteroatoms. The summed E-state index contributed by atoms with van der Waals surface area (Å²) < 4.78 is 39.3. The summed E-state index contributed by atoms with van der Waals surface area (Å²) in [5.41, 5.74) is 0.681. The first-order valence-electron chi connectivity index (χ1n) is 11.9. The molecule has 3 rings (SSSR count). The van der Waals surface area contributed by atoms with Crippen molar-refractivity contribution in [3.8, 4) is 16.2 Å². The number of thiophene rings is 1. The lowest BCUT2D eigenvalue weighted by atomic mass is 9.90. The maximum atomic E-state index is 13.1. The van der Waals surface area contributed by atoms with Gasteiger partial charge in [0.2, 0.25) is 0 Å². The normalized spacial score (nSPS) is 15.9. The van der Waals surface area contributed by atoms with Crippen LogP contribution < -0.4 is 9.46 Å². The van der Waals surface area contributed by atoms with Crippen molar-refractivity contribution in [2.24, 2.45) is 11.3 Å². The van der Waals surface area contributed by atoms with E-state index in [4.69, 9.17) is 9.47 Å². The molecule has 1 aromatic heterocycles. The van der Waals surface area contributed by atoms with Crippen LogP contribution in [0.25, 0.3) is 10.4 Å². The molecule has 1 aromatic carbocycles. The van der Waals surface area contributed by atoms with Crippen molar-refractivity contribution >= 4 is 33.4 Å². The lowest BCUT2D eigenvalue weighted by Crippen LogP contribution is -2.50. The van der Waals surface area contributed by atoms with Crippen LogP contribution in [0, 0.1) is 11.3 Å². The summed E-state index contributed by atoms with van der Waals surface area (Å²) in [5.74, 6) is -0.963. The molecule has 0 aliphatic carbocycles. The molecule has 0 saturated carbocycles. The van der Waals surface area contributed by atoms with Crippen molar-refractivity contribution in [2.75, 3.05) is 26.3 Å². The summed E-state index contributed by atoms with van der Waals surface area (Å²) in [6.45, 7) is 9.23. The first-order valence-corrected chi connectivity index (χ1v) is 14.2. The van der Waals surface area contributed by atoms with Gasteiger partial charge in [0.05, 0.1) is 13.2 Å². The third-order valence-electron chi connectivity index (χ3n) is 5.74. The summed E-state index contributed by atoms with van der Waals surface area (Å²) in [4.78, 5) is 26.6. The zero-order valence-corrected chi connectivity index (χ0v) is 22.7. The van der Waals surface area contributed by atoms with E-state index in [1.807, 2.05) is 52.0 Å². The number of sulfonamides is 1. The monoisotopic (exact) mass is 538 g/mol. The summed E-state index contributed by atoms with van der Waals surface area (Å²) in [7, 11) is -4.05. The molecule has 2 aromatic rings. The molecule has 0 spiro atoms. The first kappa shape index (κ1) is 27.9. The van der Waals surface area contributed by atoms with Crippen LogP contribution in [0.15, 0.2) is 40.6 Å². The number of carbonyl (C=O) groups excluding carboxylic acids is 1. The summed E-state index contributed by atoms with van der Waals surface area (Å²) >= 11 is 1.07. The minimum atomic E-state index is -4.05. The first-order chi connectivity index (χ1) is 16.9. The quantitative estimate of drug-likeness (QED) is 0.484. The standard InChI is InChI=1S/C25H34N2O7S2/c1-5-33-19-8-6-17(7-9-19)20-10-11-21(35-20)36(31,32)26-22(23(28)29)18-12-14-27(15-13-18)24(30)34-16-25(2,3)4/h6-11,18,22,26H,5,12-16H2,1-4H3,(H,28,29)/t22-/m1/s1. The Hall–Kier alpha value is -2.63. The van der Waals surface area contributed by atoms with Crippen LogP contribution in [0.3, 0.4) is 0 Å². The van der Waals surface area contributed by atoms with Crippen LogP contribution in [-0.2, 0) is 19.6 Å². The second kappa shape index (κ2) is 11.6. The van der Waals surface area contributed by atoms with E-state index in [-0.39, 0.29) is 16.2 Å². The van der Waals surface area contributed by atoms with Gasteiger partial charge in [-0.05, 0) is 73.1 Å². The lowest BCUT2D eigenvalue weighted by molar-refractivity contribution is -0.140. The van der Waals surface area contributed by atoms with E-state index in [9.17, 15) is 23.1 Å². The number of aliphatic carboxylic acids is 1. The van der Waals surface area contributed by atoms with Gasteiger partial charge in [-0.25, -0.2) is 13.2 Å². The van der Waals surface area contributed by atoms with Gasteiger partial charge in [-0.15, -0.1) is 11.3 Å². The van der Waals surface area contributed by atoms with E-state index in [1.54, 1.807) is 6.07 Å². The number of carbonyl (C=O) groups is 2. The SMILES string of the molecule is CCOc1ccc(-c2ccc(S(=O)(=O)N[C@@H](C(=O)O)C3CCN(C(=O)OCC(C)(C)C)CC3)s2)cc1. The average molecular weight is 539 g/mol. The highest BCUT2D eigenvalue weighted by molar-refractivity contribution is 7.91. The summed E-state index contributed by atoms with van der Waals surface area (Å²) in [5, 5.41) is 9.80. The smallest absolute Gasteiger partial charge is 0.409 e. The van der Waals surface area contributed by atoms with Gasteiger partial charge in [0.1, 0.15) is 16.0 Å². The number of nitrogens with one attached hydrogen (secondary N) is 1. The zero-order chi connectivity index (χ0) is 26.5. The second-order valence-electron chi connectivity index (χ2n) is 9.95. The molecule has 1 aliphatic heterocycles. The van der Waals surface area contributed by atoms with E-state index >= 15 is 0 Å². The molecule has 1 aliphatic rings. The van der Waals surface area contributed by atoms with Gasteiger partial charge in [0.15, 0.2) is 0 Å². The zero-order valence-electron chi connectivity index (χ0n) is 21.0. The third kappa shape index (κ3) is 7.44. The van der Waals surface area contributed by atoms with E-state index in [0.29, 0.717) is 32.5 Å². The molecular weight excluding hydrogens is 504 g/mol. The Morgan fingerprint density at radius 3 is 2.33 bits per heavy atom. The lowest BCUT2D eigenvalue weighted by Gasteiger charge is -2.34. The molecule has 0 bridgehead atoms. The number of ether oxygens (including phenoxy) is 2. The van der Waals surface area contributed by atoms with Crippen molar-refractivity contribution in [2.45, 2.75) is 50.8 Å². The van der Waals surface area contributed by atoms with E-state index in [2.05, 4.69) is 4.72 Å². The number of nitrogens with zero attached hydrogens (tertiary/aromatic N) is 1. The van der Waals surface area contributed by atoms with Crippen molar-refractivity contribution < 1.29 is 32.6 Å². The fourth-order valence-corrected chi connectivity index (χ4v) is 6.45. The molecule has 0 unspecified atom stereocenters. The Kier molecular flexibility index (Phi) is 9.02. The predicted octanol–water partition coefficient (Wildman–Crippen LogP) is 4.44. The second-order valence-corrected chi connectivity index (χ2v) is 13.0. The molecular formula is C25H34N2O7S2. The van der Waals surface area contributed by atoms with Crippen molar-refractivity contribution in [1.29, 1.82) is 0 Å². The Morgan fingerprint density at radius 2 is 1.78 bits per heavy atom. The fraction of sp³-hybridized carbons (Fsp3) is 0.520. The number of rotatable bonds is 9. The van der Waals surface area contributed by atoms with Gasteiger partial charge in [-0.1, -0.05) is 20.8 Å². The molecule has 0 radical (unpaired) electrons. The Labute approximate surface area is 216 Å². The molecule has 1 atom stereocenters. The van der Waals surface area contributed by atoms with Crippen LogP contribution in [0.2, 0.25) is 0 Å². The minimum Gasteiger partial charge on any atom is -0.494 e. The Morgan fingerprint density at radius 1 is 1.14 bits per heavy atom. The van der Waals surface area contributed by atoms with Gasteiger partial charge in [-0.2, -0.15) is 4.72 Å². The molecule has 198 valence electrons. The highest BCUT2D eigenvalue weighted by Gasteiger charge is 2.36. The van der Waals surface area contributed by atoms with Gasteiger partial charge >= 0.3 is 12.1 Å². The fourth-order valence-electron chi connectivity index (χ4n) is 3.86. The number of piperidine rings is 1. The van der Waals surface area contributed by atoms with E-state index < -0.39 is 34.0 Å². The predicted molar refractivity (Wildman–Crippen MR) is 138 cm³/mol. The maximum absolute atomic E-state index is 13.1. The third-order valence-corrected chi connectivity index (χ3v) is 8.81. The number of benzene rings is 1. The number of amides is 1. The van der Waals surface area contributed by atoms with E-state index in [0.717, 1.165) is 27.5 Å². The van der Waals surface area contributed by atoms with Gasteiger partial charge < -0.3 is 19.5 Å². The topological polar surface area (TPSA) is 122 Å². The molecule has 1 fully saturated rings. The number of likely N-dealkylation sites (tertiary alicyclic amines) is 1. The number of carboxylic acid groups (broad SMARTS) is 1. The average Bonchev–Trinajstić information content (AvgIpc) is 3.33. The van der Waals surface area contributed by atoms with Crippen LogP contribution in [0.5, 0.6) is 5.75 Å². The molecule has 1 saturated heterocycles. The van der Waals surface area contributed by atoms with Crippen LogP contribution in [0.1, 0.15) is 40.5 Å². The van der Waals surface area contributed by atoms with Crippen molar-refractivity contribution in [3.05, 3.63) is 36.4 Å². The van der Waals surface area contributed by atoms with Crippen molar-refractivity contribution in [1.82, 2.24) is 9.62 Å². The van der Waals surface area contributed by atoms with Crippen LogP contribution in [-0.4, -0.2) is 62.8 Å². The highest BCUT2D eigenvalue weighted by Crippen LogP contribution is 2.32. The Bertz CT molecular complexity index is 1150. The highest BCUT2D eigenvalue weighted by atomic mass is 32.2. The minimum absolute atomic E-state index is 0.0424.